The van der Waals surface area contributed by atoms with Gasteiger partial charge >= 0.3 is 0 Å². The quantitative estimate of drug-likeness (QED) is 0.805. The molecule has 2 rings (SSSR count). The number of ketones is 1. The van der Waals surface area contributed by atoms with Crippen LogP contribution in [0.1, 0.15) is 0 Å². The summed E-state index contributed by atoms with van der Waals surface area (Å²) in [4.78, 5) is 12.0. The van der Waals surface area contributed by atoms with Crippen LogP contribution >= 0.6 is 24.0 Å². The van der Waals surface area contributed by atoms with Crippen molar-refractivity contribution in [3.63, 3.8) is 0 Å². The van der Waals surface area contributed by atoms with E-state index in [0.29, 0.717) is 16.5 Å². The summed E-state index contributed by atoms with van der Waals surface area (Å²) in [5.74, 6) is 0.764. The summed E-state index contributed by atoms with van der Waals surface area (Å²) in [6.45, 7) is 0. The number of aliphatic hydroxyl groups is 1. The lowest BCUT2D eigenvalue weighted by molar-refractivity contribution is -0.113. The molecule has 1 aliphatic heterocycles. The Balaban J connectivity index is 2.18. The fourth-order valence-electron chi connectivity index (χ4n) is 1.52. The van der Waals surface area contributed by atoms with Crippen LogP contribution in [0.15, 0.2) is 41.7 Å². The van der Waals surface area contributed by atoms with Crippen LogP contribution in [-0.4, -0.2) is 27.4 Å². The van der Waals surface area contributed by atoms with Crippen molar-refractivity contribution < 1.29 is 9.90 Å². The van der Waals surface area contributed by atoms with Gasteiger partial charge in [-0.2, -0.15) is 0 Å². The number of nitrogens with one attached hydrogen (secondary N) is 1. The van der Waals surface area contributed by atoms with E-state index in [1.807, 2.05) is 30.3 Å². The van der Waals surface area contributed by atoms with Crippen LogP contribution in [0, 0.1) is 0 Å². The number of hydrogen-bond donors (Lipinski definition) is 2. The Labute approximate surface area is 109 Å². The van der Waals surface area contributed by atoms with E-state index in [4.69, 9.17) is 12.2 Å². The Hall–Kier alpha value is -1.33. The smallest absolute Gasteiger partial charge is 0.179 e. The van der Waals surface area contributed by atoms with E-state index in [-0.39, 0.29) is 17.1 Å². The van der Waals surface area contributed by atoms with Crippen molar-refractivity contribution in [1.29, 1.82) is 0 Å². The maximum atomic E-state index is 11.7. The molecule has 0 spiro atoms. The average Bonchev–Trinajstić information content (AvgIpc) is 2.30. The zero-order valence-electron chi connectivity index (χ0n) is 8.97. The zero-order chi connectivity index (χ0) is 12.3. The first-order valence-corrected chi connectivity index (χ1v) is 6.64. The Kier molecular flexibility index (Phi) is 3.81. The lowest BCUT2D eigenvalue weighted by Gasteiger charge is -2.16. The second kappa shape index (κ2) is 5.33. The molecule has 88 valence electrons. The first kappa shape index (κ1) is 12.1. The van der Waals surface area contributed by atoms with Gasteiger partial charge in [-0.25, -0.2) is 0 Å². The SMILES string of the molecule is O=C1CSCC(O)=C1C(=S)Nc1ccccc1. The fraction of sp³-hybridized carbons (Fsp3) is 0.167. The highest BCUT2D eigenvalue weighted by atomic mass is 32.2. The molecule has 0 aromatic heterocycles. The number of thiocarbonyl (C=S) groups is 1. The largest absolute Gasteiger partial charge is 0.511 e. The predicted molar refractivity (Wildman–Crippen MR) is 74.6 cm³/mol. The van der Waals surface area contributed by atoms with Gasteiger partial charge in [0.25, 0.3) is 0 Å². The number of rotatable bonds is 2. The van der Waals surface area contributed by atoms with E-state index >= 15 is 0 Å². The van der Waals surface area contributed by atoms with E-state index in [9.17, 15) is 9.90 Å². The molecule has 1 heterocycles. The minimum Gasteiger partial charge on any atom is -0.511 e. The lowest BCUT2D eigenvalue weighted by atomic mass is 10.1. The van der Waals surface area contributed by atoms with Crippen molar-refractivity contribution in [1.82, 2.24) is 0 Å². The number of carbonyl (C=O) groups is 1. The first-order valence-electron chi connectivity index (χ1n) is 5.08. The van der Waals surface area contributed by atoms with Gasteiger partial charge in [0.15, 0.2) is 5.78 Å². The van der Waals surface area contributed by atoms with E-state index < -0.39 is 0 Å². The van der Waals surface area contributed by atoms with Gasteiger partial charge in [-0.15, -0.1) is 11.8 Å². The molecule has 5 heteroatoms. The number of aliphatic hydroxyl groups excluding tert-OH is 1. The molecule has 0 aliphatic carbocycles. The van der Waals surface area contributed by atoms with Gasteiger partial charge in [0.05, 0.1) is 17.1 Å². The molecule has 17 heavy (non-hydrogen) atoms. The summed E-state index contributed by atoms with van der Waals surface area (Å²) in [6, 6.07) is 9.35. The predicted octanol–water partition coefficient (Wildman–Crippen LogP) is 2.55. The molecular formula is C12H11NO2S2. The van der Waals surface area contributed by atoms with Crippen molar-refractivity contribution >= 4 is 40.4 Å². The van der Waals surface area contributed by atoms with Gasteiger partial charge < -0.3 is 10.4 Å². The zero-order valence-corrected chi connectivity index (χ0v) is 10.6. The third-order valence-corrected chi connectivity index (χ3v) is 3.55. The van der Waals surface area contributed by atoms with Gasteiger partial charge in [0.1, 0.15) is 10.7 Å². The monoisotopic (exact) mass is 265 g/mol. The molecule has 0 radical (unpaired) electrons. The fourth-order valence-corrected chi connectivity index (χ4v) is 2.64. The number of para-hydroxylation sites is 1. The Morgan fingerprint density at radius 2 is 2.00 bits per heavy atom. The number of thioether (sulfide) groups is 1. The molecule has 0 fully saturated rings. The molecule has 0 unspecified atom stereocenters. The minimum absolute atomic E-state index is 0.0691. The van der Waals surface area contributed by atoms with E-state index in [1.54, 1.807) is 0 Å². The van der Waals surface area contributed by atoms with Gasteiger partial charge in [-0.3, -0.25) is 4.79 Å². The third-order valence-electron chi connectivity index (χ3n) is 2.30. The summed E-state index contributed by atoms with van der Waals surface area (Å²) in [5, 5.41) is 12.7. The normalized spacial score (nSPS) is 15.9. The van der Waals surface area contributed by atoms with Crippen LogP contribution in [0.25, 0.3) is 0 Å². The highest BCUT2D eigenvalue weighted by Crippen LogP contribution is 2.21. The van der Waals surface area contributed by atoms with Crippen LogP contribution < -0.4 is 5.32 Å². The summed E-state index contributed by atoms with van der Waals surface area (Å²) < 4.78 is 0. The molecule has 3 nitrogen and oxygen atoms in total. The molecule has 1 aromatic carbocycles. The third kappa shape index (κ3) is 2.87. The van der Waals surface area contributed by atoms with Crippen LogP contribution in [0.3, 0.4) is 0 Å². The van der Waals surface area contributed by atoms with Gasteiger partial charge in [0.2, 0.25) is 0 Å². The van der Waals surface area contributed by atoms with Crippen molar-refractivity contribution in [3.05, 3.63) is 41.7 Å². The number of benzene rings is 1. The van der Waals surface area contributed by atoms with Crippen molar-refractivity contribution in [2.75, 3.05) is 16.8 Å². The molecule has 0 saturated carbocycles. The van der Waals surface area contributed by atoms with Crippen LogP contribution in [0.4, 0.5) is 5.69 Å². The standard InChI is InChI=1S/C12H11NO2S2/c14-9-6-17-7-10(15)11(9)12(16)13-8-4-2-1-3-5-8/h1-5,14H,6-7H2,(H,13,16). The molecule has 1 aliphatic rings. The van der Waals surface area contributed by atoms with Crippen molar-refractivity contribution in [2.24, 2.45) is 0 Å². The van der Waals surface area contributed by atoms with Crippen LogP contribution in [-0.2, 0) is 4.79 Å². The minimum atomic E-state index is -0.118. The number of anilines is 1. The summed E-state index contributed by atoms with van der Waals surface area (Å²) >= 11 is 6.54. The maximum Gasteiger partial charge on any atom is 0.179 e. The van der Waals surface area contributed by atoms with E-state index in [2.05, 4.69) is 5.32 Å². The molecule has 2 N–H and O–H groups in total. The highest BCUT2D eigenvalue weighted by Gasteiger charge is 2.24. The molecular weight excluding hydrogens is 254 g/mol. The van der Waals surface area contributed by atoms with Crippen LogP contribution in [0.2, 0.25) is 0 Å². The second-order valence-corrected chi connectivity index (χ2v) is 4.95. The Morgan fingerprint density at radius 3 is 2.65 bits per heavy atom. The van der Waals surface area contributed by atoms with E-state index in [1.165, 1.54) is 11.8 Å². The highest BCUT2D eigenvalue weighted by molar-refractivity contribution is 8.00. The molecule has 1 aromatic rings. The van der Waals surface area contributed by atoms with E-state index in [0.717, 1.165) is 5.69 Å². The van der Waals surface area contributed by atoms with Gasteiger partial charge in [-0.1, -0.05) is 30.4 Å². The van der Waals surface area contributed by atoms with Gasteiger partial charge in [0, 0.05) is 5.69 Å². The Bertz CT molecular complexity index is 483. The number of hydrogen-bond acceptors (Lipinski definition) is 4. The first-order chi connectivity index (χ1) is 8.18. The van der Waals surface area contributed by atoms with Crippen LogP contribution in [0.5, 0.6) is 0 Å². The summed E-state index contributed by atoms with van der Waals surface area (Å²) in [6.07, 6.45) is 0. The molecule has 0 saturated heterocycles. The number of carbonyl (C=O) groups excluding carboxylic acids is 1. The molecule has 0 atom stereocenters. The van der Waals surface area contributed by atoms with Gasteiger partial charge in [-0.05, 0) is 12.1 Å². The summed E-state index contributed by atoms with van der Waals surface area (Å²) in [7, 11) is 0. The van der Waals surface area contributed by atoms with Crippen molar-refractivity contribution in [3.8, 4) is 0 Å². The second-order valence-electron chi connectivity index (χ2n) is 3.56. The maximum absolute atomic E-state index is 11.7. The topological polar surface area (TPSA) is 49.3 Å². The average molecular weight is 265 g/mol. The van der Waals surface area contributed by atoms with Crippen molar-refractivity contribution in [2.45, 2.75) is 0 Å². The molecule has 0 bridgehead atoms. The summed E-state index contributed by atoms with van der Waals surface area (Å²) in [5.41, 5.74) is 1.06. The molecule has 0 amide bonds. The lowest BCUT2D eigenvalue weighted by Crippen LogP contribution is -2.25. The Morgan fingerprint density at radius 1 is 1.29 bits per heavy atom. The number of Topliss-reactive ketones (excluding diaryl/α,β-unsaturated/α-hetero) is 1.